The molecule has 0 saturated heterocycles. The molecule has 0 fully saturated rings. The molecular weight excluding hydrogens is 414 g/mol. The van der Waals surface area contributed by atoms with E-state index in [0.717, 1.165) is 16.6 Å². The van der Waals surface area contributed by atoms with Gasteiger partial charge >= 0.3 is 5.97 Å². The van der Waals surface area contributed by atoms with Crippen LogP contribution < -0.4 is 5.32 Å². The second kappa shape index (κ2) is 8.62. The van der Waals surface area contributed by atoms with Crippen molar-refractivity contribution in [1.82, 2.24) is 9.97 Å². The highest BCUT2D eigenvalue weighted by molar-refractivity contribution is 6.31. The van der Waals surface area contributed by atoms with Gasteiger partial charge in [0.05, 0.1) is 16.6 Å². The number of carbonyl (C=O) groups excluding carboxylic acids is 2. The second-order valence-electron chi connectivity index (χ2n) is 7.18. The minimum atomic E-state index is -0.983. The molecule has 4 rings (SSSR count). The summed E-state index contributed by atoms with van der Waals surface area (Å²) < 4.78 is 5.36. The van der Waals surface area contributed by atoms with Gasteiger partial charge in [-0.25, -0.2) is 9.78 Å². The van der Waals surface area contributed by atoms with Crippen LogP contribution in [0.5, 0.6) is 0 Å². The zero-order valence-corrected chi connectivity index (χ0v) is 17.7. The molecule has 4 aromatic rings. The molecule has 7 heteroatoms. The van der Waals surface area contributed by atoms with Gasteiger partial charge in [0.25, 0.3) is 5.91 Å². The number of imidazole rings is 1. The van der Waals surface area contributed by atoms with Gasteiger partial charge in [-0.2, -0.15) is 0 Å². The molecule has 0 aliphatic rings. The van der Waals surface area contributed by atoms with Crippen molar-refractivity contribution < 1.29 is 14.3 Å². The van der Waals surface area contributed by atoms with Crippen LogP contribution in [-0.2, 0) is 9.53 Å². The van der Waals surface area contributed by atoms with Crippen LogP contribution in [0.1, 0.15) is 22.8 Å². The standard InChI is InChI=1S/C24H20ClN3O3/c1-14-8-10-18(25)13-20(14)28-23(29)15(2)31-24(30)17-9-11-19-21(12-17)27-22(26-19)16-6-4-3-5-7-16/h3-13,15H,1-2H3,(H,26,27)(H,28,29). The lowest BCUT2D eigenvalue weighted by Crippen LogP contribution is -2.30. The molecule has 0 radical (unpaired) electrons. The number of esters is 1. The summed E-state index contributed by atoms with van der Waals surface area (Å²) in [5.74, 6) is -0.318. The molecule has 0 spiro atoms. The first-order valence-corrected chi connectivity index (χ1v) is 10.1. The number of anilines is 1. The number of benzene rings is 3. The molecular formula is C24H20ClN3O3. The van der Waals surface area contributed by atoms with E-state index in [2.05, 4.69) is 15.3 Å². The predicted octanol–water partition coefficient (Wildman–Crippen LogP) is 5.38. The third-order valence-electron chi connectivity index (χ3n) is 4.88. The first-order valence-electron chi connectivity index (χ1n) is 9.74. The van der Waals surface area contributed by atoms with Crippen molar-refractivity contribution >= 4 is 40.2 Å². The summed E-state index contributed by atoms with van der Waals surface area (Å²) in [7, 11) is 0. The number of aromatic amines is 1. The zero-order valence-electron chi connectivity index (χ0n) is 17.0. The average molecular weight is 434 g/mol. The van der Waals surface area contributed by atoms with Gasteiger partial charge in [0.2, 0.25) is 0 Å². The zero-order chi connectivity index (χ0) is 22.0. The van der Waals surface area contributed by atoms with Gasteiger partial charge < -0.3 is 15.0 Å². The molecule has 0 aliphatic carbocycles. The molecule has 156 valence electrons. The second-order valence-corrected chi connectivity index (χ2v) is 7.62. The average Bonchev–Trinajstić information content (AvgIpc) is 3.20. The van der Waals surface area contributed by atoms with E-state index in [-0.39, 0.29) is 0 Å². The SMILES string of the molecule is Cc1ccc(Cl)cc1NC(=O)C(C)OC(=O)c1ccc2nc(-c3ccccc3)[nH]c2c1. The Balaban J connectivity index is 1.47. The van der Waals surface area contributed by atoms with Gasteiger partial charge in [-0.3, -0.25) is 4.79 Å². The number of nitrogens with zero attached hydrogens (tertiary/aromatic N) is 1. The summed E-state index contributed by atoms with van der Waals surface area (Å²) in [6, 6.07) is 20.0. The van der Waals surface area contributed by atoms with Crippen LogP contribution in [0.3, 0.4) is 0 Å². The maximum atomic E-state index is 12.6. The van der Waals surface area contributed by atoms with Crippen LogP contribution in [-0.4, -0.2) is 27.9 Å². The number of rotatable bonds is 5. The van der Waals surface area contributed by atoms with E-state index in [1.807, 2.05) is 37.3 Å². The largest absolute Gasteiger partial charge is 0.449 e. The molecule has 2 N–H and O–H groups in total. The molecule has 1 unspecified atom stereocenters. The Morgan fingerprint density at radius 1 is 1.06 bits per heavy atom. The lowest BCUT2D eigenvalue weighted by Gasteiger charge is -2.15. The number of amides is 1. The van der Waals surface area contributed by atoms with Crippen LogP contribution in [0.25, 0.3) is 22.4 Å². The molecule has 3 aromatic carbocycles. The van der Waals surface area contributed by atoms with Crippen molar-refractivity contribution in [2.24, 2.45) is 0 Å². The highest BCUT2D eigenvalue weighted by Crippen LogP contribution is 2.22. The highest BCUT2D eigenvalue weighted by Gasteiger charge is 2.20. The van der Waals surface area contributed by atoms with E-state index in [0.29, 0.717) is 27.6 Å². The third kappa shape index (κ3) is 4.59. The normalized spacial score (nSPS) is 11.8. The van der Waals surface area contributed by atoms with Gasteiger partial charge in [0.15, 0.2) is 6.10 Å². The number of hydrogen-bond acceptors (Lipinski definition) is 4. The van der Waals surface area contributed by atoms with Crippen LogP contribution in [0.15, 0.2) is 66.7 Å². The lowest BCUT2D eigenvalue weighted by atomic mass is 10.2. The molecule has 1 aromatic heterocycles. The van der Waals surface area contributed by atoms with Gasteiger partial charge in [-0.1, -0.05) is 48.0 Å². The molecule has 1 heterocycles. The monoisotopic (exact) mass is 433 g/mol. The number of carbonyl (C=O) groups is 2. The maximum Gasteiger partial charge on any atom is 0.338 e. The summed E-state index contributed by atoms with van der Waals surface area (Å²) in [5, 5.41) is 3.25. The number of fused-ring (bicyclic) bond motifs is 1. The van der Waals surface area contributed by atoms with Gasteiger partial charge in [0, 0.05) is 16.3 Å². The highest BCUT2D eigenvalue weighted by atomic mass is 35.5. The lowest BCUT2D eigenvalue weighted by molar-refractivity contribution is -0.123. The number of aromatic nitrogens is 2. The topological polar surface area (TPSA) is 84.1 Å². The fourth-order valence-electron chi connectivity index (χ4n) is 3.11. The van der Waals surface area contributed by atoms with Crippen molar-refractivity contribution in [3.63, 3.8) is 0 Å². The Morgan fingerprint density at radius 3 is 2.61 bits per heavy atom. The molecule has 0 saturated carbocycles. The number of aryl methyl sites for hydroxylation is 1. The van der Waals surface area contributed by atoms with Crippen LogP contribution in [0, 0.1) is 6.92 Å². The number of ether oxygens (including phenoxy) is 1. The van der Waals surface area contributed by atoms with Crippen LogP contribution >= 0.6 is 11.6 Å². The fraction of sp³-hybridized carbons (Fsp3) is 0.125. The molecule has 0 bridgehead atoms. The van der Waals surface area contributed by atoms with Crippen molar-refractivity contribution in [2.45, 2.75) is 20.0 Å². The summed E-state index contributed by atoms with van der Waals surface area (Å²) >= 11 is 5.99. The van der Waals surface area contributed by atoms with Gasteiger partial charge in [0.1, 0.15) is 5.82 Å². The molecule has 1 atom stereocenters. The van der Waals surface area contributed by atoms with E-state index >= 15 is 0 Å². The Bertz CT molecular complexity index is 1270. The van der Waals surface area contributed by atoms with Gasteiger partial charge in [-0.15, -0.1) is 0 Å². The quantitative estimate of drug-likeness (QED) is 0.414. The Morgan fingerprint density at radius 2 is 1.84 bits per heavy atom. The number of halogens is 1. The fourth-order valence-corrected chi connectivity index (χ4v) is 3.29. The summed E-state index contributed by atoms with van der Waals surface area (Å²) in [5.41, 5.74) is 4.15. The third-order valence-corrected chi connectivity index (χ3v) is 5.11. The molecule has 1 amide bonds. The maximum absolute atomic E-state index is 12.6. The van der Waals surface area contributed by atoms with Crippen LogP contribution in [0.2, 0.25) is 5.02 Å². The minimum Gasteiger partial charge on any atom is -0.449 e. The first kappa shape index (κ1) is 20.6. The summed E-state index contributed by atoms with van der Waals surface area (Å²) in [6.07, 6.45) is -0.983. The number of H-pyrrole nitrogens is 1. The Labute approximate surface area is 184 Å². The molecule has 0 aliphatic heterocycles. The van der Waals surface area contributed by atoms with E-state index in [1.165, 1.54) is 6.92 Å². The van der Waals surface area contributed by atoms with Crippen LogP contribution in [0.4, 0.5) is 5.69 Å². The minimum absolute atomic E-state index is 0.328. The van der Waals surface area contributed by atoms with Crippen molar-refractivity contribution in [1.29, 1.82) is 0 Å². The van der Waals surface area contributed by atoms with E-state index in [1.54, 1.807) is 36.4 Å². The van der Waals surface area contributed by atoms with E-state index in [4.69, 9.17) is 16.3 Å². The van der Waals surface area contributed by atoms with Crippen molar-refractivity contribution in [3.05, 3.63) is 82.9 Å². The number of hydrogen-bond donors (Lipinski definition) is 2. The summed E-state index contributed by atoms with van der Waals surface area (Å²) in [4.78, 5) is 32.8. The van der Waals surface area contributed by atoms with Crippen molar-refractivity contribution in [2.75, 3.05) is 5.32 Å². The van der Waals surface area contributed by atoms with Crippen molar-refractivity contribution in [3.8, 4) is 11.4 Å². The molecule has 6 nitrogen and oxygen atoms in total. The van der Waals surface area contributed by atoms with Gasteiger partial charge in [-0.05, 0) is 49.7 Å². The smallest absolute Gasteiger partial charge is 0.338 e. The molecule has 31 heavy (non-hydrogen) atoms. The van der Waals surface area contributed by atoms with E-state index < -0.39 is 18.0 Å². The summed E-state index contributed by atoms with van der Waals surface area (Å²) in [6.45, 7) is 3.38. The number of nitrogens with one attached hydrogen (secondary N) is 2. The predicted molar refractivity (Wildman–Crippen MR) is 121 cm³/mol. The van der Waals surface area contributed by atoms with E-state index in [9.17, 15) is 9.59 Å². The Kier molecular flexibility index (Phi) is 5.73. The Hall–Kier alpha value is -3.64. The first-order chi connectivity index (χ1) is 14.9.